The van der Waals surface area contributed by atoms with Crippen molar-refractivity contribution in [3.63, 3.8) is 0 Å². The lowest BCUT2D eigenvalue weighted by Crippen LogP contribution is -2.06. The number of nitrogens with zero attached hydrogens (tertiary/aromatic N) is 3. The molecule has 4 aromatic rings. The topological polar surface area (TPSA) is 53.1 Å². The predicted molar refractivity (Wildman–Crippen MR) is 110 cm³/mol. The molecular formula is C20H17BrClN3O2. The van der Waals surface area contributed by atoms with E-state index in [9.17, 15) is 0 Å². The first kappa shape index (κ1) is 18.1. The summed E-state index contributed by atoms with van der Waals surface area (Å²) in [6.07, 6.45) is 1.91. The number of rotatable bonds is 4. The first-order valence-electron chi connectivity index (χ1n) is 8.50. The van der Waals surface area contributed by atoms with Crippen LogP contribution in [0.4, 0.5) is 0 Å². The van der Waals surface area contributed by atoms with Crippen LogP contribution in [0.2, 0.25) is 5.02 Å². The summed E-state index contributed by atoms with van der Waals surface area (Å²) in [5.74, 6) is 1.73. The first-order valence-corrected chi connectivity index (χ1v) is 9.67. The Kier molecular flexibility index (Phi) is 4.70. The zero-order valence-corrected chi connectivity index (χ0v) is 17.4. The van der Waals surface area contributed by atoms with E-state index in [1.807, 2.05) is 61.7 Å². The van der Waals surface area contributed by atoms with Gasteiger partial charge in [-0.15, -0.1) is 0 Å². The highest BCUT2D eigenvalue weighted by Crippen LogP contribution is 2.31. The van der Waals surface area contributed by atoms with Crippen molar-refractivity contribution in [1.82, 2.24) is 14.7 Å². The predicted octanol–water partition coefficient (Wildman–Crippen LogP) is 6.19. The molecule has 0 aliphatic heterocycles. The van der Waals surface area contributed by atoms with Gasteiger partial charge in [0.05, 0.1) is 16.6 Å². The van der Waals surface area contributed by atoms with Crippen molar-refractivity contribution < 1.29 is 9.26 Å². The molecule has 4 rings (SSSR count). The summed E-state index contributed by atoms with van der Waals surface area (Å²) >= 11 is 9.83. The van der Waals surface area contributed by atoms with Crippen LogP contribution in [0, 0.1) is 6.92 Å². The van der Waals surface area contributed by atoms with Gasteiger partial charge in [-0.1, -0.05) is 27.5 Å². The van der Waals surface area contributed by atoms with Gasteiger partial charge in [0.2, 0.25) is 0 Å². The molecule has 0 N–H and O–H groups in total. The Morgan fingerprint density at radius 1 is 1.19 bits per heavy atom. The van der Waals surface area contributed by atoms with Gasteiger partial charge in [-0.25, -0.2) is 0 Å². The van der Waals surface area contributed by atoms with Gasteiger partial charge in [0.15, 0.2) is 0 Å². The van der Waals surface area contributed by atoms with Crippen LogP contribution in [0.1, 0.15) is 19.4 Å². The van der Waals surface area contributed by atoms with Crippen LogP contribution in [0.5, 0.6) is 5.75 Å². The van der Waals surface area contributed by atoms with Crippen molar-refractivity contribution in [2.45, 2.75) is 26.9 Å². The summed E-state index contributed by atoms with van der Waals surface area (Å²) in [6, 6.07) is 11.7. The molecule has 0 saturated carbocycles. The summed E-state index contributed by atoms with van der Waals surface area (Å²) in [5, 5.41) is 5.67. The summed E-state index contributed by atoms with van der Waals surface area (Å²) in [7, 11) is 0. The Morgan fingerprint density at radius 3 is 2.74 bits per heavy atom. The third kappa shape index (κ3) is 3.47. The molecule has 138 valence electrons. The van der Waals surface area contributed by atoms with Crippen molar-refractivity contribution in [3.8, 4) is 23.2 Å². The molecule has 0 amide bonds. The van der Waals surface area contributed by atoms with E-state index < -0.39 is 0 Å². The monoisotopic (exact) mass is 445 g/mol. The van der Waals surface area contributed by atoms with E-state index >= 15 is 0 Å². The maximum absolute atomic E-state index is 6.36. The number of aromatic nitrogens is 3. The normalized spacial score (nSPS) is 11.5. The van der Waals surface area contributed by atoms with Crippen molar-refractivity contribution in [2.75, 3.05) is 0 Å². The Morgan fingerprint density at radius 2 is 2.00 bits per heavy atom. The van der Waals surface area contributed by atoms with E-state index in [0.29, 0.717) is 16.9 Å². The third-order valence-corrected chi connectivity index (χ3v) is 4.93. The molecule has 0 bridgehead atoms. The van der Waals surface area contributed by atoms with E-state index in [-0.39, 0.29) is 6.10 Å². The quantitative estimate of drug-likeness (QED) is 0.375. The highest BCUT2D eigenvalue weighted by atomic mass is 79.9. The lowest BCUT2D eigenvalue weighted by atomic mass is 10.1. The molecule has 2 aromatic carbocycles. The van der Waals surface area contributed by atoms with Gasteiger partial charge in [-0.05, 0) is 67.9 Å². The van der Waals surface area contributed by atoms with E-state index in [4.69, 9.17) is 20.9 Å². The number of halogens is 2. The maximum Gasteiger partial charge on any atom is 0.275 e. The van der Waals surface area contributed by atoms with Gasteiger partial charge in [0.25, 0.3) is 11.8 Å². The Balaban J connectivity index is 1.71. The molecule has 2 heterocycles. The fourth-order valence-electron chi connectivity index (χ4n) is 2.93. The highest BCUT2D eigenvalue weighted by Gasteiger charge is 2.16. The maximum atomic E-state index is 6.36. The minimum absolute atomic E-state index is 0.122. The Hall–Kier alpha value is -2.31. The second-order valence-electron chi connectivity index (χ2n) is 6.55. The zero-order valence-electron chi connectivity index (χ0n) is 15.0. The number of benzene rings is 2. The van der Waals surface area contributed by atoms with E-state index in [1.54, 1.807) is 6.20 Å². The number of aryl methyl sites for hydroxylation is 1. The fraction of sp³-hybridized carbons (Fsp3) is 0.200. The average molecular weight is 447 g/mol. The largest absolute Gasteiger partial charge is 0.491 e. The smallest absolute Gasteiger partial charge is 0.275 e. The van der Waals surface area contributed by atoms with E-state index in [1.165, 1.54) is 0 Å². The number of fused-ring (bicyclic) bond motifs is 1. The summed E-state index contributed by atoms with van der Waals surface area (Å²) < 4.78 is 14.0. The Labute approximate surface area is 170 Å². The van der Waals surface area contributed by atoms with Crippen LogP contribution in [0.25, 0.3) is 28.3 Å². The minimum atomic E-state index is 0.122. The average Bonchev–Trinajstić information content (AvgIpc) is 3.22. The molecular weight excluding hydrogens is 430 g/mol. The van der Waals surface area contributed by atoms with Crippen LogP contribution in [0.15, 0.2) is 51.6 Å². The minimum Gasteiger partial charge on any atom is -0.491 e. The van der Waals surface area contributed by atoms with Crippen molar-refractivity contribution >= 4 is 38.4 Å². The standard InChI is InChI=1S/C20H17BrClN3O2/c1-11(2)26-18-7-4-13(8-12(18)3)19-23-20(24-27-19)25-10-16(22)15-9-14(21)5-6-17(15)25/h4-11H,1-3H3. The van der Waals surface area contributed by atoms with Gasteiger partial charge in [0.1, 0.15) is 5.75 Å². The van der Waals surface area contributed by atoms with Crippen molar-refractivity contribution in [2.24, 2.45) is 0 Å². The SMILES string of the molecule is Cc1cc(-c2nc(-n3cc(Cl)c4cc(Br)ccc43)no2)ccc1OC(C)C. The lowest BCUT2D eigenvalue weighted by molar-refractivity contribution is 0.241. The summed E-state index contributed by atoms with van der Waals surface area (Å²) in [4.78, 5) is 4.54. The van der Waals surface area contributed by atoms with Crippen molar-refractivity contribution in [1.29, 1.82) is 0 Å². The van der Waals surface area contributed by atoms with Crippen LogP contribution in [-0.4, -0.2) is 20.8 Å². The number of hydrogen-bond acceptors (Lipinski definition) is 4. The molecule has 2 aromatic heterocycles. The second-order valence-corrected chi connectivity index (χ2v) is 7.88. The van der Waals surface area contributed by atoms with Crippen LogP contribution in [-0.2, 0) is 0 Å². The van der Waals surface area contributed by atoms with E-state index in [0.717, 1.165) is 32.3 Å². The van der Waals surface area contributed by atoms with Gasteiger partial charge in [0, 0.05) is 21.6 Å². The molecule has 0 saturated heterocycles. The van der Waals surface area contributed by atoms with Gasteiger partial charge >= 0.3 is 0 Å². The molecule has 0 unspecified atom stereocenters. The summed E-state index contributed by atoms with van der Waals surface area (Å²) in [5.41, 5.74) is 2.76. The molecule has 0 aliphatic rings. The lowest BCUT2D eigenvalue weighted by Gasteiger charge is -2.12. The van der Waals surface area contributed by atoms with Gasteiger partial charge in [-0.2, -0.15) is 4.98 Å². The van der Waals surface area contributed by atoms with Crippen LogP contribution in [0.3, 0.4) is 0 Å². The van der Waals surface area contributed by atoms with Gasteiger partial charge < -0.3 is 9.26 Å². The van der Waals surface area contributed by atoms with Crippen LogP contribution >= 0.6 is 27.5 Å². The third-order valence-electron chi connectivity index (χ3n) is 4.13. The first-order chi connectivity index (χ1) is 12.9. The molecule has 0 fully saturated rings. The fourth-order valence-corrected chi connectivity index (χ4v) is 3.54. The van der Waals surface area contributed by atoms with E-state index in [2.05, 4.69) is 26.1 Å². The van der Waals surface area contributed by atoms with Gasteiger partial charge in [-0.3, -0.25) is 4.57 Å². The molecule has 5 nitrogen and oxygen atoms in total. The highest BCUT2D eigenvalue weighted by molar-refractivity contribution is 9.10. The number of hydrogen-bond donors (Lipinski definition) is 0. The molecule has 0 spiro atoms. The van der Waals surface area contributed by atoms with Crippen LogP contribution < -0.4 is 4.74 Å². The second kappa shape index (κ2) is 7.02. The Bertz CT molecular complexity index is 1130. The number of ether oxygens (including phenoxy) is 1. The molecule has 27 heavy (non-hydrogen) atoms. The zero-order chi connectivity index (χ0) is 19.1. The summed E-state index contributed by atoms with van der Waals surface area (Å²) in [6.45, 7) is 6.00. The molecule has 7 heteroatoms. The van der Waals surface area contributed by atoms with Crippen molar-refractivity contribution in [3.05, 3.63) is 57.7 Å². The molecule has 0 atom stereocenters. The molecule has 0 aliphatic carbocycles. The molecule has 0 radical (unpaired) electrons.